The minimum Gasteiger partial charge on any atom is -0.467 e. The first-order valence-electron chi connectivity index (χ1n) is 8.81. The van der Waals surface area contributed by atoms with Crippen LogP contribution in [0, 0.1) is 0 Å². The van der Waals surface area contributed by atoms with E-state index in [-0.39, 0.29) is 19.2 Å². The lowest BCUT2D eigenvalue weighted by Gasteiger charge is -2.17. The summed E-state index contributed by atoms with van der Waals surface area (Å²) in [6.45, 7) is 2.69. The van der Waals surface area contributed by atoms with Gasteiger partial charge in [0.2, 0.25) is 12.7 Å². The van der Waals surface area contributed by atoms with Crippen LogP contribution in [-0.4, -0.2) is 43.5 Å². The van der Waals surface area contributed by atoms with Crippen molar-refractivity contribution in [3.63, 3.8) is 0 Å². The maximum Gasteiger partial charge on any atom is 0.328 e. The molecule has 8 nitrogen and oxygen atoms in total. The van der Waals surface area contributed by atoms with Crippen molar-refractivity contribution in [2.24, 2.45) is 0 Å². The van der Waals surface area contributed by atoms with E-state index in [9.17, 15) is 9.59 Å². The SMILES string of the molecule is CCCCC(NC(=O)CNC(=S)NCc1ccc2c(c1)OCO2)C(=O)OC. The second-order valence-electron chi connectivity index (χ2n) is 6.01. The van der Waals surface area contributed by atoms with Crippen molar-refractivity contribution in [2.45, 2.75) is 38.8 Å². The number of rotatable bonds is 9. The smallest absolute Gasteiger partial charge is 0.328 e. The van der Waals surface area contributed by atoms with Gasteiger partial charge in [-0.3, -0.25) is 4.79 Å². The van der Waals surface area contributed by atoms with Crippen LogP contribution in [0.4, 0.5) is 0 Å². The van der Waals surface area contributed by atoms with Gasteiger partial charge in [-0.15, -0.1) is 0 Å². The molecule has 1 aliphatic heterocycles. The van der Waals surface area contributed by atoms with Gasteiger partial charge in [0.1, 0.15) is 6.04 Å². The topological polar surface area (TPSA) is 97.9 Å². The number of methoxy groups -OCH3 is 1. The summed E-state index contributed by atoms with van der Waals surface area (Å²) < 4.78 is 15.3. The quantitative estimate of drug-likeness (QED) is 0.424. The number of carbonyl (C=O) groups is 2. The van der Waals surface area contributed by atoms with Crippen molar-refractivity contribution in [1.82, 2.24) is 16.0 Å². The second kappa shape index (κ2) is 10.6. The lowest BCUT2D eigenvalue weighted by molar-refractivity contribution is -0.145. The molecule has 0 bridgehead atoms. The van der Waals surface area contributed by atoms with Crippen molar-refractivity contribution in [1.29, 1.82) is 0 Å². The molecule has 0 aromatic heterocycles. The molecule has 3 N–H and O–H groups in total. The Bertz CT molecular complexity index is 683. The number of hydrogen-bond acceptors (Lipinski definition) is 6. The lowest BCUT2D eigenvalue weighted by atomic mass is 10.1. The van der Waals surface area contributed by atoms with Crippen LogP contribution in [0.3, 0.4) is 0 Å². The number of amides is 1. The number of benzene rings is 1. The summed E-state index contributed by atoms with van der Waals surface area (Å²) in [7, 11) is 1.31. The summed E-state index contributed by atoms with van der Waals surface area (Å²) in [5.74, 6) is 0.655. The molecule has 0 radical (unpaired) electrons. The first-order valence-corrected chi connectivity index (χ1v) is 9.21. The van der Waals surface area contributed by atoms with Crippen LogP contribution in [0.15, 0.2) is 18.2 Å². The summed E-state index contributed by atoms with van der Waals surface area (Å²) in [5, 5.41) is 8.85. The highest BCUT2D eigenvalue weighted by molar-refractivity contribution is 7.80. The van der Waals surface area contributed by atoms with Gasteiger partial charge in [0, 0.05) is 6.54 Å². The van der Waals surface area contributed by atoms with E-state index in [2.05, 4.69) is 16.0 Å². The Morgan fingerprint density at radius 2 is 2.04 bits per heavy atom. The van der Waals surface area contributed by atoms with Gasteiger partial charge >= 0.3 is 5.97 Å². The van der Waals surface area contributed by atoms with E-state index in [1.54, 1.807) is 0 Å². The summed E-state index contributed by atoms with van der Waals surface area (Å²) >= 11 is 5.18. The van der Waals surface area contributed by atoms with Crippen LogP contribution in [0.2, 0.25) is 0 Å². The Morgan fingerprint density at radius 1 is 1.26 bits per heavy atom. The number of unbranched alkanes of at least 4 members (excludes halogenated alkanes) is 1. The zero-order chi connectivity index (χ0) is 19.6. The molecule has 0 aliphatic carbocycles. The summed E-state index contributed by atoms with van der Waals surface area (Å²) in [5.41, 5.74) is 0.971. The van der Waals surface area contributed by atoms with Crippen LogP contribution < -0.4 is 25.4 Å². The average molecular weight is 395 g/mol. The number of carbonyl (C=O) groups excluding carboxylic acids is 2. The van der Waals surface area contributed by atoms with Crippen molar-refractivity contribution >= 4 is 29.2 Å². The molecular weight excluding hydrogens is 370 g/mol. The predicted octanol–water partition coefficient (Wildman–Crippen LogP) is 1.23. The highest BCUT2D eigenvalue weighted by Crippen LogP contribution is 2.32. The molecule has 1 amide bonds. The molecule has 1 atom stereocenters. The molecule has 1 aromatic carbocycles. The number of nitrogens with one attached hydrogen (secondary N) is 3. The third-order valence-electron chi connectivity index (χ3n) is 3.97. The first-order chi connectivity index (χ1) is 13.0. The molecule has 1 aliphatic rings. The van der Waals surface area contributed by atoms with Gasteiger partial charge in [0.25, 0.3) is 0 Å². The van der Waals surface area contributed by atoms with Gasteiger partial charge < -0.3 is 30.2 Å². The van der Waals surface area contributed by atoms with E-state index in [0.717, 1.165) is 24.2 Å². The van der Waals surface area contributed by atoms with E-state index in [0.29, 0.717) is 23.8 Å². The molecule has 0 fully saturated rings. The van der Waals surface area contributed by atoms with E-state index in [4.69, 9.17) is 26.4 Å². The van der Waals surface area contributed by atoms with Crippen LogP contribution in [0.5, 0.6) is 11.5 Å². The molecular formula is C18H25N3O5S. The third kappa shape index (κ3) is 6.59. The molecule has 2 rings (SSSR count). The average Bonchev–Trinajstić information content (AvgIpc) is 3.15. The van der Waals surface area contributed by atoms with Crippen molar-refractivity contribution in [2.75, 3.05) is 20.4 Å². The van der Waals surface area contributed by atoms with Crippen LogP contribution >= 0.6 is 12.2 Å². The Kier molecular flexibility index (Phi) is 8.12. The first kappa shape index (κ1) is 20.8. The predicted molar refractivity (Wildman–Crippen MR) is 103 cm³/mol. The summed E-state index contributed by atoms with van der Waals surface area (Å²) in [6.07, 6.45) is 2.29. The van der Waals surface area contributed by atoms with E-state index < -0.39 is 12.0 Å². The van der Waals surface area contributed by atoms with E-state index in [1.165, 1.54) is 7.11 Å². The third-order valence-corrected chi connectivity index (χ3v) is 4.26. The van der Waals surface area contributed by atoms with Gasteiger partial charge in [0.05, 0.1) is 13.7 Å². The van der Waals surface area contributed by atoms with Crippen LogP contribution in [-0.2, 0) is 20.9 Å². The van der Waals surface area contributed by atoms with Crippen LogP contribution in [0.1, 0.15) is 31.7 Å². The highest BCUT2D eigenvalue weighted by Gasteiger charge is 2.20. The largest absolute Gasteiger partial charge is 0.467 e. The Hall–Kier alpha value is -2.55. The molecule has 27 heavy (non-hydrogen) atoms. The van der Waals surface area contributed by atoms with Crippen molar-refractivity contribution in [3.05, 3.63) is 23.8 Å². The Balaban J connectivity index is 1.72. The van der Waals surface area contributed by atoms with Gasteiger partial charge in [-0.25, -0.2) is 4.79 Å². The molecule has 9 heteroatoms. The van der Waals surface area contributed by atoms with Gasteiger partial charge in [-0.2, -0.15) is 0 Å². The molecule has 0 saturated carbocycles. The second-order valence-corrected chi connectivity index (χ2v) is 6.42. The number of thiocarbonyl (C=S) groups is 1. The zero-order valence-electron chi connectivity index (χ0n) is 15.5. The fourth-order valence-electron chi connectivity index (χ4n) is 2.50. The summed E-state index contributed by atoms with van der Waals surface area (Å²) in [4.78, 5) is 23.8. The normalized spacial score (nSPS) is 12.8. The van der Waals surface area contributed by atoms with Crippen molar-refractivity contribution < 1.29 is 23.8 Å². The van der Waals surface area contributed by atoms with E-state index in [1.807, 2.05) is 25.1 Å². The standard InChI is InChI=1S/C18H25N3O5S/c1-3-4-5-13(17(23)24-2)21-16(22)10-20-18(27)19-9-12-6-7-14-15(8-12)26-11-25-14/h6-8,13H,3-5,9-11H2,1-2H3,(H,21,22)(H2,19,20,27). The summed E-state index contributed by atoms with van der Waals surface area (Å²) in [6, 6.07) is 4.98. The Labute approximate surface area is 163 Å². The monoisotopic (exact) mass is 395 g/mol. The number of fused-ring (bicyclic) bond motifs is 1. The Morgan fingerprint density at radius 3 is 2.78 bits per heavy atom. The van der Waals surface area contributed by atoms with Crippen molar-refractivity contribution in [3.8, 4) is 11.5 Å². The fourth-order valence-corrected chi connectivity index (χ4v) is 2.65. The number of esters is 1. The molecule has 1 heterocycles. The molecule has 0 spiro atoms. The maximum absolute atomic E-state index is 12.0. The molecule has 1 unspecified atom stereocenters. The minimum atomic E-state index is -0.639. The zero-order valence-corrected chi connectivity index (χ0v) is 16.3. The van der Waals surface area contributed by atoms with Gasteiger partial charge in [-0.1, -0.05) is 25.8 Å². The maximum atomic E-state index is 12.0. The van der Waals surface area contributed by atoms with Gasteiger partial charge in [0.15, 0.2) is 16.6 Å². The number of ether oxygens (including phenoxy) is 3. The molecule has 0 saturated heterocycles. The van der Waals surface area contributed by atoms with Crippen LogP contribution in [0.25, 0.3) is 0 Å². The minimum absolute atomic E-state index is 0.0351. The number of hydrogen-bond donors (Lipinski definition) is 3. The fraction of sp³-hybridized carbons (Fsp3) is 0.500. The van der Waals surface area contributed by atoms with Gasteiger partial charge in [-0.05, 0) is 36.3 Å². The van der Waals surface area contributed by atoms with E-state index >= 15 is 0 Å². The molecule has 1 aromatic rings. The molecule has 148 valence electrons. The highest BCUT2D eigenvalue weighted by atomic mass is 32.1. The lowest BCUT2D eigenvalue weighted by Crippen LogP contribution is -2.47.